The number of anilines is 1. The lowest BCUT2D eigenvalue weighted by Crippen LogP contribution is -2.21. The van der Waals surface area contributed by atoms with Gasteiger partial charge in [-0.05, 0) is 11.6 Å². The molecule has 0 amide bonds. The van der Waals surface area contributed by atoms with E-state index < -0.39 is 4.92 Å². The predicted molar refractivity (Wildman–Crippen MR) is 63.4 cm³/mol. The summed E-state index contributed by atoms with van der Waals surface area (Å²) in [5.41, 5.74) is 12.4. The minimum atomic E-state index is -0.415. The van der Waals surface area contributed by atoms with E-state index in [4.69, 9.17) is 11.5 Å². The van der Waals surface area contributed by atoms with Gasteiger partial charge in [0.2, 0.25) is 0 Å². The number of rotatable bonds is 4. The van der Waals surface area contributed by atoms with E-state index in [9.17, 15) is 10.1 Å². The van der Waals surface area contributed by atoms with Crippen LogP contribution in [0.3, 0.4) is 0 Å². The second-order valence-corrected chi connectivity index (χ2v) is 3.74. The highest BCUT2D eigenvalue weighted by molar-refractivity contribution is 5.63. The van der Waals surface area contributed by atoms with Crippen molar-refractivity contribution in [1.82, 2.24) is 0 Å². The summed E-state index contributed by atoms with van der Waals surface area (Å²) in [5.74, 6) is 0. The van der Waals surface area contributed by atoms with Gasteiger partial charge in [-0.15, -0.1) is 0 Å². The molecular weight excluding hydrogens is 208 g/mol. The van der Waals surface area contributed by atoms with E-state index in [0.29, 0.717) is 11.3 Å². The largest absolute Gasteiger partial charge is 0.372 e. The topological polar surface area (TPSA) is 98.4 Å². The third-order valence-corrected chi connectivity index (χ3v) is 2.36. The molecule has 0 saturated carbocycles. The van der Waals surface area contributed by atoms with Crippen molar-refractivity contribution in [1.29, 1.82) is 0 Å². The first-order chi connectivity index (χ1) is 7.47. The van der Waals surface area contributed by atoms with Gasteiger partial charge in [-0.3, -0.25) is 10.1 Å². The first-order valence-corrected chi connectivity index (χ1v) is 4.88. The summed E-state index contributed by atoms with van der Waals surface area (Å²) >= 11 is 0. The van der Waals surface area contributed by atoms with Crippen LogP contribution in [0, 0.1) is 10.1 Å². The molecule has 0 unspecified atom stereocenters. The lowest BCUT2D eigenvalue weighted by atomic mass is 10.1. The predicted octanol–water partition coefficient (Wildman–Crippen LogP) is 0.619. The molecule has 6 heteroatoms. The summed E-state index contributed by atoms with van der Waals surface area (Å²) in [6.07, 6.45) is 0. The maximum atomic E-state index is 10.9. The van der Waals surface area contributed by atoms with Gasteiger partial charge in [0, 0.05) is 32.7 Å². The second kappa shape index (κ2) is 4.91. The third-order valence-electron chi connectivity index (χ3n) is 2.36. The Bertz CT molecular complexity index is 392. The van der Waals surface area contributed by atoms with Gasteiger partial charge in [0.25, 0.3) is 5.69 Å². The molecule has 1 aromatic carbocycles. The number of hydrogen-bond donors (Lipinski definition) is 2. The average Bonchev–Trinajstić information content (AvgIpc) is 2.26. The molecule has 0 aliphatic carbocycles. The van der Waals surface area contributed by atoms with Gasteiger partial charge in [0.1, 0.15) is 5.69 Å². The monoisotopic (exact) mass is 224 g/mol. The molecule has 1 rings (SSSR count). The van der Waals surface area contributed by atoms with Crippen molar-refractivity contribution < 1.29 is 4.92 Å². The fraction of sp³-hybridized carbons (Fsp3) is 0.400. The van der Waals surface area contributed by atoms with Crippen LogP contribution in [-0.4, -0.2) is 25.6 Å². The van der Waals surface area contributed by atoms with E-state index in [1.807, 2.05) is 0 Å². The molecule has 1 atom stereocenters. The number of nitro groups is 1. The molecule has 4 N–H and O–H groups in total. The molecule has 0 aliphatic rings. The summed E-state index contributed by atoms with van der Waals surface area (Å²) in [6, 6.07) is 4.56. The van der Waals surface area contributed by atoms with Crippen molar-refractivity contribution in [3.63, 3.8) is 0 Å². The summed E-state index contributed by atoms with van der Waals surface area (Å²) < 4.78 is 0. The second-order valence-electron chi connectivity index (χ2n) is 3.74. The van der Waals surface area contributed by atoms with E-state index in [1.54, 1.807) is 31.1 Å². The van der Waals surface area contributed by atoms with E-state index in [1.165, 1.54) is 6.07 Å². The normalized spacial score (nSPS) is 12.2. The summed E-state index contributed by atoms with van der Waals surface area (Å²) in [6.45, 7) is 0.262. The Morgan fingerprint density at radius 2 is 2.12 bits per heavy atom. The molecule has 0 fully saturated rings. The zero-order valence-electron chi connectivity index (χ0n) is 9.38. The molecule has 0 saturated heterocycles. The van der Waals surface area contributed by atoms with E-state index in [0.717, 1.165) is 0 Å². The van der Waals surface area contributed by atoms with Crippen LogP contribution in [0.2, 0.25) is 0 Å². The first-order valence-electron chi connectivity index (χ1n) is 4.88. The molecule has 88 valence electrons. The Morgan fingerprint density at radius 1 is 1.50 bits per heavy atom. The quantitative estimate of drug-likeness (QED) is 0.577. The van der Waals surface area contributed by atoms with Crippen LogP contribution in [0.1, 0.15) is 11.6 Å². The minimum Gasteiger partial charge on any atom is -0.372 e. The van der Waals surface area contributed by atoms with Crippen LogP contribution >= 0.6 is 0 Å². The fourth-order valence-corrected chi connectivity index (χ4v) is 1.43. The molecule has 0 aromatic heterocycles. The van der Waals surface area contributed by atoms with Crippen LogP contribution in [0.15, 0.2) is 18.2 Å². The van der Waals surface area contributed by atoms with Crippen LogP contribution in [0.5, 0.6) is 0 Å². The Hall–Kier alpha value is -1.66. The van der Waals surface area contributed by atoms with Crippen molar-refractivity contribution in [2.24, 2.45) is 11.5 Å². The first kappa shape index (κ1) is 12.4. The number of nitrogens with zero attached hydrogens (tertiary/aromatic N) is 2. The van der Waals surface area contributed by atoms with Crippen molar-refractivity contribution in [3.8, 4) is 0 Å². The van der Waals surface area contributed by atoms with Crippen molar-refractivity contribution in [3.05, 3.63) is 33.9 Å². The molecule has 6 nitrogen and oxygen atoms in total. The molecule has 0 heterocycles. The van der Waals surface area contributed by atoms with Gasteiger partial charge in [-0.25, -0.2) is 0 Å². The maximum Gasteiger partial charge on any atom is 0.292 e. The molecule has 16 heavy (non-hydrogen) atoms. The highest BCUT2D eigenvalue weighted by atomic mass is 16.6. The molecule has 1 aromatic rings. The van der Waals surface area contributed by atoms with Gasteiger partial charge in [0.15, 0.2) is 0 Å². The van der Waals surface area contributed by atoms with Gasteiger partial charge in [-0.2, -0.15) is 0 Å². The standard InChI is InChI=1S/C10H16N4O2/c1-13(2)9-4-3-7(8(12)6-11)5-10(9)14(15)16/h3-5,8H,6,11-12H2,1-2H3/t8-/m1/s1. The maximum absolute atomic E-state index is 10.9. The third kappa shape index (κ3) is 2.47. The van der Waals surface area contributed by atoms with Crippen LogP contribution in [0.25, 0.3) is 0 Å². The van der Waals surface area contributed by atoms with Gasteiger partial charge in [-0.1, -0.05) is 6.07 Å². The molecular formula is C10H16N4O2. The van der Waals surface area contributed by atoms with Crippen molar-refractivity contribution >= 4 is 11.4 Å². The zero-order chi connectivity index (χ0) is 12.3. The Morgan fingerprint density at radius 3 is 2.56 bits per heavy atom. The van der Waals surface area contributed by atoms with Gasteiger partial charge in [0.05, 0.1) is 4.92 Å². The Kier molecular flexibility index (Phi) is 3.81. The van der Waals surface area contributed by atoms with Crippen LogP contribution < -0.4 is 16.4 Å². The smallest absolute Gasteiger partial charge is 0.292 e. The summed E-state index contributed by atoms with van der Waals surface area (Å²) in [7, 11) is 3.51. The summed E-state index contributed by atoms with van der Waals surface area (Å²) in [4.78, 5) is 12.2. The Labute approximate surface area is 94.0 Å². The highest BCUT2D eigenvalue weighted by Crippen LogP contribution is 2.29. The molecule has 0 bridgehead atoms. The van der Waals surface area contributed by atoms with Gasteiger partial charge < -0.3 is 16.4 Å². The number of nitrogens with two attached hydrogens (primary N) is 2. The lowest BCUT2D eigenvalue weighted by molar-refractivity contribution is -0.384. The Balaban J connectivity index is 3.23. The van der Waals surface area contributed by atoms with E-state index in [2.05, 4.69) is 0 Å². The van der Waals surface area contributed by atoms with E-state index >= 15 is 0 Å². The van der Waals surface area contributed by atoms with Crippen LogP contribution in [0.4, 0.5) is 11.4 Å². The number of benzene rings is 1. The molecule has 0 radical (unpaired) electrons. The SMILES string of the molecule is CN(C)c1ccc([C@H](N)CN)cc1[N+](=O)[O-]. The summed E-state index contributed by atoms with van der Waals surface area (Å²) in [5, 5.41) is 10.9. The van der Waals surface area contributed by atoms with Crippen LogP contribution in [-0.2, 0) is 0 Å². The highest BCUT2D eigenvalue weighted by Gasteiger charge is 2.17. The number of nitro benzene ring substituents is 1. The lowest BCUT2D eigenvalue weighted by Gasteiger charge is -2.15. The van der Waals surface area contributed by atoms with Crippen molar-refractivity contribution in [2.75, 3.05) is 25.5 Å². The molecule has 0 spiro atoms. The minimum absolute atomic E-state index is 0.0476. The number of hydrogen-bond acceptors (Lipinski definition) is 5. The molecule has 0 aliphatic heterocycles. The van der Waals surface area contributed by atoms with Crippen molar-refractivity contribution in [2.45, 2.75) is 6.04 Å². The van der Waals surface area contributed by atoms with Gasteiger partial charge >= 0.3 is 0 Å². The zero-order valence-corrected chi connectivity index (χ0v) is 9.38. The van der Waals surface area contributed by atoms with E-state index in [-0.39, 0.29) is 18.3 Å². The fourth-order valence-electron chi connectivity index (χ4n) is 1.43. The average molecular weight is 224 g/mol.